The Hall–Kier alpha value is -0.120. The number of rotatable bonds is 6. The van der Waals surface area contributed by atoms with E-state index in [4.69, 9.17) is 0 Å². The standard InChI is InChI=1S/C14H30N2O/c1-5-9-16(4)13-7-6-8-14(10-13,11-17)15-12(2)3/h12-13,15,17H,5-11H2,1-4H3. The Kier molecular flexibility index (Phi) is 5.90. The molecule has 0 amide bonds. The maximum Gasteiger partial charge on any atom is 0.0613 e. The van der Waals surface area contributed by atoms with Crippen LogP contribution in [0.2, 0.25) is 0 Å². The predicted octanol–water partition coefficient (Wildman–Crippen LogP) is 2.00. The fourth-order valence-corrected chi connectivity index (χ4v) is 3.18. The highest BCUT2D eigenvalue weighted by atomic mass is 16.3. The van der Waals surface area contributed by atoms with Gasteiger partial charge in [-0.15, -0.1) is 0 Å². The van der Waals surface area contributed by atoms with Gasteiger partial charge in [-0.05, 0) is 45.7 Å². The number of hydrogen-bond acceptors (Lipinski definition) is 3. The van der Waals surface area contributed by atoms with Crippen molar-refractivity contribution in [3.8, 4) is 0 Å². The summed E-state index contributed by atoms with van der Waals surface area (Å²) < 4.78 is 0. The second-order valence-electron chi connectivity index (χ2n) is 5.97. The van der Waals surface area contributed by atoms with Crippen molar-refractivity contribution in [1.29, 1.82) is 0 Å². The van der Waals surface area contributed by atoms with Crippen molar-refractivity contribution in [3.63, 3.8) is 0 Å². The van der Waals surface area contributed by atoms with Gasteiger partial charge in [0.05, 0.1) is 6.61 Å². The van der Waals surface area contributed by atoms with E-state index in [1.165, 1.54) is 19.3 Å². The van der Waals surface area contributed by atoms with Gasteiger partial charge in [0.15, 0.2) is 0 Å². The summed E-state index contributed by atoms with van der Waals surface area (Å²) in [6.45, 7) is 7.98. The summed E-state index contributed by atoms with van der Waals surface area (Å²) in [6.07, 6.45) is 5.89. The van der Waals surface area contributed by atoms with Crippen LogP contribution in [0.3, 0.4) is 0 Å². The van der Waals surface area contributed by atoms with Gasteiger partial charge >= 0.3 is 0 Å². The summed E-state index contributed by atoms with van der Waals surface area (Å²) in [5.41, 5.74) is -0.0426. The highest BCUT2D eigenvalue weighted by Crippen LogP contribution is 2.31. The fraction of sp³-hybridized carbons (Fsp3) is 1.00. The Morgan fingerprint density at radius 1 is 1.47 bits per heavy atom. The van der Waals surface area contributed by atoms with Gasteiger partial charge in [-0.3, -0.25) is 0 Å². The molecular formula is C14H30N2O. The van der Waals surface area contributed by atoms with Gasteiger partial charge in [0.1, 0.15) is 0 Å². The first-order valence-electron chi connectivity index (χ1n) is 7.12. The molecule has 0 bridgehead atoms. The van der Waals surface area contributed by atoms with Crippen LogP contribution in [0, 0.1) is 0 Å². The quantitative estimate of drug-likeness (QED) is 0.748. The summed E-state index contributed by atoms with van der Waals surface area (Å²) in [4.78, 5) is 2.46. The van der Waals surface area contributed by atoms with Crippen molar-refractivity contribution in [1.82, 2.24) is 10.2 Å². The minimum absolute atomic E-state index is 0.0426. The van der Waals surface area contributed by atoms with E-state index in [2.05, 4.69) is 38.0 Å². The smallest absolute Gasteiger partial charge is 0.0613 e. The maximum atomic E-state index is 9.74. The first-order chi connectivity index (χ1) is 8.03. The van der Waals surface area contributed by atoms with Crippen LogP contribution in [0.4, 0.5) is 0 Å². The molecule has 0 saturated heterocycles. The van der Waals surface area contributed by atoms with E-state index in [9.17, 15) is 5.11 Å². The molecule has 102 valence electrons. The number of aliphatic hydroxyl groups excluding tert-OH is 1. The van der Waals surface area contributed by atoms with Gasteiger partial charge in [-0.25, -0.2) is 0 Å². The SMILES string of the molecule is CCCN(C)C1CCCC(CO)(NC(C)C)C1. The van der Waals surface area contributed by atoms with E-state index in [1.54, 1.807) is 0 Å². The molecule has 1 rings (SSSR count). The third-order valence-corrected chi connectivity index (χ3v) is 3.92. The first kappa shape index (κ1) is 14.9. The van der Waals surface area contributed by atoms with Gasteiger partial charge in [-0.1, -0.05) is 20.8 Å². The van der Waals surface area contributed by atoms with E-state index in [0.717, 1.165) is 19.4 Å². The average molecular weight is 242 g/mol. The Balaban J connectivity index is 2.61. The molecule has 1 saturated carbocycles. The summed E-state index contributed by atoms with van der Waals surface area (Å²) in [7, 11) is 2.22. The molecule has 17 heavy (non-hydrogen) atoms. The van der Waals surface area contributed by atoms with Crippen LogP contribution in [-0.2, 0) is 0 Å². The molecule has 2 unspecified atom stereocenters. The van der Waals surface area contributed by atoms with E-state index >= 15 is 0 Å². The Morgan fingerprint density at radius 2 is 2.18 bits per heavy atom. The molecule has 1 aliphatic rings. The topological polar surface area (TPSA) is 35.5 Å². The Morgan fingerprint density at radius 3 is 2.71 bits per heavy atom. The van der Waals surface area contributed by atoms with Crippen molar-refractivity contribution in [2.45, 2.75) is 70.5 Å². The molecule has 2 atom stereocenters. The molecule has 0 aromatic heterocycles. The predicted molar refractivity (Wildman–Crippen MR) is 73.3 cm³/mol. The molecule has 0 heterocycles. The van der Waals surface area contributed by atoms with Crippen molar-refractivity contribution in [2.24, 2.45) is 0 Å². The van der Waals surface area contributed by atoms with Crippen LogP contribution in [0.5, 0.6) is 0 Å². The van der Waals surface area contributed by atoms with Crippen LogP contribution < -0.4 is 5.32 Å². The lowest BCUT2D eigenvalue weighted by Gasteiger charge is -2.44. The molecule has 2 N–H and O–H groups in total. The second-order valence-corrected chi connectivity index (χ2v) is 5.97. The zero-order valence-corrected chi connectivity index (χ0v) is 12.0. The monoisotopic (exact) mass is 242 g/mol. The number of nitrogens with zero attached hydrogens (tertiary/aromatic N) is 1. The zero-order chi connectivity index (χ0) is 12.9. The van der Waals surface area contributed by atoms with Crippen LogP contribution in [-0.4, -0.2) is 47.8 Å². The largest absolute Gasteiger partial charge is 0.394 e. The van der Waals surface area contributed by atoms with Crippen molar-refractivity contribution in [2.75, 3.05) is 20.2 Å². The highest BCUT2D eigenvalue weighted by Gasteiger charge is 2.37. The van der Waals surface area contributed by atoms with E-state index in [-0.39, 0.29) is 12.1 Å². The van der Waals surface area contributed by atoms with Crippen molar-refractivity contribution >= 4 is 0 Å². The molecule has 0 radical (unpaired) electrons. The van der Waals surface area contributed by atoms with Gasteiger partial charge in [0.25, 0.3) is 0 Å². The number of nitrogens with one attached hydrogen (secondary N) is 1. The summed E-state index contributed by atoms with van der Waals surface area (Å²) in [6, 6.07) is 1.07. The lowest BCUT2D eigenvalue weighted by Crippen LogP contribution is -2.57. The van der Waals surface area contributed by atoms with Gasteiger partial charge in [0.2, 0.25) is 0 Å². The normalized spacial score (nSPS) is 30.2. The lowest BCUT2D eigenvalue weighted by atomic mass is 9.78. The Labute approximate surface area is 107 Å². The third-order valence-electron chi connectivity index (χ3n) is 3.92. The van der Waals surface area contributed by atoms with Crippen LogP contribution in [0.15, 0.2) is 0 Å². The third kappa shape index (κ3) is 4.23. The highest BCUT2D eigenvalue weighted by molar-refractivity contribution is 4.96. The van der Waals surface area contributed by atoms with Crippen molar-refractivity contribution < 1.29 is 5.11 Å². The molecule has 1 fully saturated rings. The fourth-order valence-electron chi connectivity index (χ4n) is 3.18. The minimum Gasteiger partial charge on any atom is -0.394 e. The number of hydrogen-bond donors (Lipinski definition) is 2. The average Bonchev–Trinajstić information content (AvgIpc) is 2.29. The first-order valence-corrected chi connectivity index (χ1v) is 7.12. The van der Waals surface area contributed by atoms with Crippen LogP contribution in [0.1, 0.15) is 52.9 Å². The van der Waals surface area contributed by atoms with Gasteiger partial charge in [-0.2, -0.15) is 0 Å². The lowest BCUT2D eigenvalue weighted by molar-refractivity contribution is 0.0640. The maximum absolute atomic E-state index is 9.74. The van der Waals surface area contributed by atoms with Crippen molar-refractivity contribution in [3.05, 3.63) is 0 Å². The molecule has 3 nitrogen and oxygen atoms in total. The molecule has 0 spiro atoms. The molecule has 0 aromatic carbocycles. The van der Waals surface area contributed by atoms with Crippen LogP contribution in [0.25, 0.3) is 0 Å². The summed E-state index contributed by atoms with van der Waals surface area (Å²) >= 11 is 0. The summed E-state index contributed by atoms with van der Waals surface area (Å²) in [5, 5.41) is 13.3. The Bertz CT molecular complexity index is 220. The summed E-state index contributed by atoms with van der Waals surface area (Å²) in [5.74, 6) is 0. The van der Waals surface area contributed by atoms with Gasteiger partial charge in [0, 0.05) is 17.6 Å². The zero-order valence-electron chi connectivity index (χ0n) is 12.0. The second kappa shape index (κ2) is 6.72. The van der Waals surface area contributed by atoms with E-state index in [0.29, 0.717) is 12.1 Å². The number of aliphatic hydroxyl groups is 1. The molecule has 3 heteroatoms. The van der Waals surface area contributed by atoms with E-state index < -0.39 is 0 Å². The minimum atomic E-state index is -0.0426. The van der Waals surface area contributed by atoms with E-state index in [1.807, 2.05) is 0 Å². The molecular weight excluding hydrogens is 212 g/mol. The van der Waals surface area contributed by atoms with Gasteiger partial charge < -0.3 is 15.3 Å². The molecule has 0 aromatic rings. The molecule has 1 aliphatic carbocycles. The van der Waals surface area contributed by atoms with Crippen LogP contribution >= 0.6 is 0 Å². The molecule has 0 aliphatic heterocycles.